The molecule has 0 bridgehead atoms. The van der Waals surface area contributed by atoms with E-state index in [1.807, 2.05) is 48.2 Å². The Balaban J connectivity index is 0.000000968. The Hall–Kier alpha value is -3.80. The highest BCUT2D eigenvalue weighted by Crippen LogP contribution is 2.20. The summed E-state index contributed by atoms with van der Waals surface area (Å²) in [5.74, 6) is 1.46. The maximum absolute atomic E-state index is 12.3. The molecule has 0 spiro atoms. The van der Waals surface area contributed by atoms with E-state index in [-0.39, 0.29) is 18.4 Å². The van der Waals surface area contributed by atoms with Crippen LogP contribution in [0.1, 0.15) is 12.8 Å². The minimum atomic E-state index is -0.250. The summed E-state index contributed by atoms with van der Waals surface area (Å²) in [5.41, 5.74) is 2.07. The van der Waals surface area contributed by atoms with Gasteiger partial charge < -0.3 is 25.0 Å². The molecule has 2 aromatic heterocycles. The number of amides is 1. The summed E-state index contributed by atoms with van der Waals surface area (Å²) in [5, 5.41) is 18.6. The highest BCUT2D eigenvalue weighted by atomic mass is 16.5. The summed E-state index contributed by atoms with van der Waals surface area (Å²) in [4.78, 5) is 33.6. The van der Waals surface area contributed by atoms with Gasteiger partial charge in [0.05, 0.1) is 19.0 Å². The summed E-state index contributed by atoms with van der Waals surface area (Å²) in [7, 11) is 5.58. The van der Waals surface area contributed by atoms with Crippen molar-refractivity contribution >= 4 is 29.5 Å². The molecule has 3 heterocycles. The Kier molecular flexibility index (Phi) is 8.08. The van der Waals surface area contributed by atoms with Crippen molar-refractivity contribution in [2.24, 2.45) is 0 Å². The number of carbonyl (C=O) groups is 2. The Morgan fingerprint density at radius 2 is 2.06 bits per heavy atom. The normalized spacial score (nSPS) is 15.3. The van der Waals surface area contributed by atoms with Crippen LogP contribution in [0.15, 0.2) is 30.5 Å². The van der Waals surface area contributed by atoms with Crippen LogP contribution in [0.3, 0.4) is 0 Å². The summed E-state index contributed by atoms with van der Waals surface area (Å²) in [6, 6.07) is 7.65. The molecule has 12 nitrogen and oxygen atoms in total. The van der Waals surface area contributed by atoms with Gasteiger partial charge in [0, 0.05) is 32.1 Å². The van der Waals surface area contributed by atoms with E-state index in [0.29, 0.717) is 30.1 Å². The van der Waals surface area contributed by atoms with E-state index in [0.717, 1.165) is 30.9 Å². The lowest BCUT2D eigenvalue weighted by Gasteiger charge is -2.18. The fourth-order valence-corrected chi connectivity index (χ4v) is 3.46. The van der Waals surface area contributed by atoms with Crippen molar-refractivity contribution in [1.82, 2.24) is 34.8 Å². The van der Waals surface area contributed by atoms with Gasteiger partial charge in [-0.15, -0.1) is 5.10 Å². The fourth-order valence-electron chi connectivity index (χ4n) is 3.46. The number of aromatic nitrogens is 5. The lowest BCUT2D eigenvalue weighted by Crippen LogP contribution is -2.33. The third kappa shape index (κ3) is 6.13. The molecule has 0 radical (unpaired) electrons. The predicted octanol–water partition coefficient (Wildman–Crippen LogP) is 0.884. The summed E-state index contributed by atoms with van der Waals surface area (Å²) in [6.45, 7) is 1.91. The number of likely N-dealkylation sites (tertiary alicyclic amines) is 1. The summed E-state index contributed by atoms with van der Waals surface area (Å²) >= 11 is 0. The van der Waals surface area contributed by atoms with Gasteiger partial charge in [-0.05, 0) is 44.8 Å². The van der Waals surface area contributed by atoms with Gasteiger partial charge in [0.2, 0.25) is 11.9 Å². The number of benzene rings is 1. The van der Waals surface area contributed by atoms with E-state index in [4.69, 9.17) is 14.6 Å². The van der Waals surface area contributed by atoms with Crippen LogP contribution in [0.2, 0.25) is 0 Å². The molecule has 0 saturated carbocycles. The zero-order chi connectivity index (χ0) is 23.8. The van der Waals surface area contributed by atoms with Crippen molar-refractivity contribution in [2.45, 2.75) is 18.9 Å². The largest absolute Gasteiger partial charge is 0.497 e. The van der Waals surface area contributed by atoms with Crippen LogP contribution in [0.5, 0.6) is 5.75 Å². The molecule has 2 N–H and O–H groups in total. The smallest absolute Gasteiger partial charge is 0.290 e. The van der Waals surface area contributed by atoms with Crippen LogP contribution in [0.4, 0.5) is 5.95 Å². The number of hydrogen-bond donors (Lipinski definition) is 2. The Bertz CT molecular complexity index is 1070. The number of nitrogens with one attached hydrogen (secondary N) is 1. The van der Waals surface area contributed by atoms with Gasteiger partial charge in [-0.25, -0.2) is 4.98 Å². The predicted molar refractivity (Wildman–Crippen MR) is 121 cm³/mol. The molecule has 1 amide bonds. The van der Waals surface area contributed by atoms with Crippen molar-refractivity contribution < 1.29 is 19.4 Å². The van der Waals surface area contributed by atoms with Crippen LogP contribution in [0, 0.1) is 0 Å². The monoisotopic (exact) mass is 456 g/mol. The average molecular weight is 457 g/mol. The molecular formula is C21H28N8O4. The average Bonchev–Trinajstić information content (AvgIpc) is 3.45. The van der Waals surface area contributed by atoms with E-state index in [2.05, 4.69) is 25.6 Å². The van der Waals surface area contributed by atoms with Crippen molar-refractivity contribution in [2.75, 3.05) is 46.2 Å². The molecule has 1 saturated heterocycles. The maximum Gasteiger partial charge on any atom is 0.290 e. The molecule has 1 atom stereocenters. The first-order chi connectivity index (χ1) is 15.9. The van der Waals surface area contributed by atoms with Gasteiger partial charge in [-0.2, -0.15) is 9.67 Å². The van der Waals surface area contributed by atoms with Gasteiger partial charge >= 0.3 is 0 Å². The van der Waals surface area contributed by atoms with Crippen LogP contribution < -0.4 is 10.1 Å². The topological polar surface area (TPSA) is 139 Å². The van der Waals surface area contributed by atoms with Gasteiger partial charge in [-0.1, -0.05) is 5.21 Å². The number of methoxy groups -OCH3 is 1. The summed E-state index contributed by atoms with van der Waals surface area (Å²) in [6.07, 6.45) is 3.06. The zero-order valence-corrected chi connectivity index (χ0v) is 18.9. The first-order valence-corrected chi connectivity index (χ1v) is 10.4. The third-order valence-electron chi connectivity index (χ3n) is 5.16. The second-order valence-corrected chi connectivity index (χ2v) is 7.73. The van der Waals surface area contributed by atoms with Crippen molar-refractivity contribution in [3.05, 3.63) is 30.5 Å². The molecule has 1 fully saturated rings. The van der Waals surface area contributed by atoms with E-state index < -0.39 is 0 Å². The highest BCUT2D eigenvalue weighted by Gasteiger charge is 2.26. The lowest BCUT2D eigenvalue weighted by molar-refractivity contribution is -0.130. The Labute approximate surface area is 191 Å². The van der Waals surface area contributed by atoms with Gasteiger partial charge in [0.1, 0.15) is 5.75 Å². The number of ether oxygens (including phenoxy) is 1. The van der Waals surface area contributed by atoms with Crippen LogP contribution in [0.25, 0.3) is 16.9 Å². The van der Waals surface area contributed by atoms with Gasteiger partial charge in [0.15, 0.2) is 11.2 Å². The molecule has 1 aliphatic heterocycles. The van der Waals surface area contributed by atoms with Crippen molar-refractivity contribution in [3.8, 4) is 11.4 Å². The number of fused-ring (bicyclic) bond motifs is 1. The van der Waals surface area contributed by atoms with Crippen LogP contribution in [-0.2, 0) is 9.59 Å². The third-order valence-corrected chi connectivity index (χ3v) is 5.16. The number of anilines is 1. The second-order valence-electron chi connectivity index (χ2n) is 7.73. The molecule has 0 unspecified atom stereocenters. The van der Waals surface area contributed by atoms with E-state index in [9.17, 15) is 4.79 Å². The van der Waals surface area contributed by atoms with Gasteiger partial charge in [0.25, 0.3) is 6.47 Å². The van der Waals surface area contributed by atoms with Gasteiger partial charge in [-0.3, -0.25) is 9.59 Å². The molecule has 1 aliphatic rings. The molecular weight excluding hydrogens is 428 g/mol. The minimum absolute atomic E-state index is 0.121. The quantitative estimate of drug-likeness (QED) is 0.493. The summed E-state index contributed by atoms with van der Waals surface area (Å²) < 4.78 is 6.88. The van der Waals surface area contributed by atoms with Crippen molar-refractivity contribution in [1.29, 1.82) is 0 Å². The van der Waals surface area contributed by atoms with E-state index in [1.165, 1.54) is 0 Å². The molecule has 3 aromatic rings. The molecule has 1 aromatic carbocycles. The molecule has 33 heavy (non-hydrogen) atoms. The van der Waals surface area contributed by atoms with E-state index >= 15 is 0 Å². The molecule has 4 rings (SSSR count). The Morgan fingerprint density at radius 1 is 1.33 bits per heavy atom. The SMILES string of the molecule is COc1ccc(-n2nnc3cnc(N[C@@H]4CCN(C(=O)CCN(C)C)C4)nc32)cc1.O=CO. The minimum Gasteiger partial charge on any atom is -0.497 e. The first-order valence-electron chi connectivity index (χ1n) is 10.4. The van der Waals surface area contributed by atoms with Crippen LogP contribution in [-0.4, -0.2) is 99.1 Å². The van der Waals surface area contributed by atoms with E-state index in [1.54, 1.807) is 18.0 Å². The number of carboxylic acid groups (broad SMARTS) is 1. The molecule has 176 valence electrons. The van der Waals surface area contributed by atoms with Crippen LogP contribution >= 0.6 is 0 Å². The highest BCUT2D eigenvalue weighted by molar-refractivity contribution is 5.77. The number of hydrogen-bond acceptors (Lipinski definition) is 9. The maximum atomic E-state index is 12.3. The second kappa shape index (κ2) is 11.2. The zero-order valence-electron chi connectivity index (χ0n) is 18.9. The fraction of sp³-hybridized carbons (Fsp3) is 0.429. The lowest BCUT2D eigenvalue weighted by atomic mass is 10.3. The first kappa shape index (κ1) is 23.9. The Morgan fingerprint density at radius 3 is 2.73 bits per heavy atom. The number of rotatable bonds is 7. The number of carbonyl (C=O) groups excluding carboxylic acids is 1. The molecule has 0 aliphatic carbocycles. The van der Waals surface area contributed by atoms with Crippen molar-refractivity contribution in [3.63, 3.8) is 0 Å². The molecule has 12 heteroatoms. The number of nitrogens with zero attached hydrogens (tertiary/aromatic N) is 7. The standard InChI is InChI=1S/C20H26N8O2.CH2O2/c1-26(2)10-9-18(29)27-11-8-14(13-27)22-20-21-12-17-19(23-20)28(25-24-17)15-4-6-16(30-3)7-5-15;2-1-3/h4-7,12,14H,8-11,13H2,1-3H3,(H,21,22,23);1H,(H,2,3)/t14-;/m1./s1.